The van der Waals surface area contributed by atoms with Crippen LogP contribution < -0.4 is 10.9 Å². The molecular weight excluding hydrogens is 416 g/mol. The van der Waals surface area contributed by atoms with E-state index in [1.54, 1.807) is 16.8 Å². The van der Waals surface area contributed by atoms with Crippen LogP contribution in [0.25, 0.3) is 11.0 Å². The molecule has 1 atom stereocenters. The zero-order valence-electron chi connectivity index (χ0n) is 17.5. The highest BCUT2D eigenvalue weighted by Crippen LogP contribution is 2.63. The average molecular weight is 443 g/mol. The molecule has 0 amide bonds. The molecule has 9 nitrogen and oxygen atoms in total. The van der Waals surface area contributed by atoms with Crippen LogP contribution in [0, 0.1) is 16.7 Å². The van der Waals surface area contributed by atoms with Gasteiger partial charge in [-0.25, -0.2) is 17.7 Å². The molecular formula is C21H26N6O3S. The van der Waals surface area contributed by atoms with Gasteiger partial charge in [-0.2, -0.15) is 10.2 Å². The molecule has 3 aliphatic rings. The Morgan fingerprint density at radius 3 is 2.61 bits per heavy atom. The second-order valence-electron chi connectivity index (χ2n) is 9.17. The number of aromatic nitrogens is 3. The van der Waals surface area contributed by atoms with Gasteiger partial charge in [0.2, 0.25) is 16.0 Å². The van der Waals surface area contributed by atoms with Crippen molar-refractivity contribution >= 4 is 27.0 Å². The molecule has 2 saturated carbocycles. The van der Waals surface area contributed by atoms with E-state index in [0.29, 0.717) is 42.9 Å². The Hall–Kier alpha value is -2.51. The fourth-order valence-corrected chi connectivity index (χ4v) is 6.21. The normalized spacial score (nSPS) is 23.8. The number of nitrogens with zero attached hydrogens (tertiary/aromatic N) is 5. The molecule has 1 unspecified atom stereocenters. The van der Waals surface area contributed by atoms with Crippen molar-refractivity contribution in [1.82, 2.24) is 18.8 Å². The number of nitriles is 1. The predicted molar refractivity (Wildman–Crippen MR) is 116 cm³/mol. The molecule has 2 aromatic heterocycles. The van der Waals surface area contributed by atoms with Crippen LogP contribution in [-0.4, -0.2) is 52.6 Å². The molecule has 1 aliphatic heterocycles. The van der Waals surface area contributed by atoms with Gasteiger partial charge in [-0.3, -0.25) is 9.36 Å². The van der Waals surface area contributed by atoms with Crippen molar-refractivity contribution in [2.75, 3.05) is 24.7 Å². The maximum Gasteiger partial charge on any atom is 0.270 e. The zero-order valence-corrected chi connectivity index (χ0v) is 18.4. The Morgan fingerprint density at radius 1 is 1.23 bits per heavy atom. The van der Waals surface area contributed by atoms with Crippen LogP contribution in [0.1, 0.15) is 56.6 Å². The minimum absolute atomic E-state index is 0.0651. The van der Waals surface area contributed by atoms with Gasteiger partial charge in [-0.15, -0.1) is 0 Å². The highest BCUT2D eigenvalue weighted by molar-refractivity contribution is 7.88. The van der Waals surface area contributed by atoms with Crippen LogP contribution in [-0.2, 0) is 10.0 Å². The fourth-order valence-electron chi connectivity index (χ4n) is 5.34. The van der Waals surface area contributed by atoms with E-state index in [9.17, 15) is 18.5 Å². The van der Waals surface area contributed by atoms with E-state index >= 15 is 0 Å². The Bertz CT molecular complexity index is 1240. The summed E-state index contributed by atoms with van der Waals surface area (Å²) in [6.45, 7) is 0.926. The summed E-state index contributed by atoms with van der Waals surface area (Å²) >= 11 is 0. The first-order chi connectivity index (χ1) is 14.8. The lowest BCUT2D eigenvalue weighted by molar-refractivity contribution is 0.331. The smallest absolute Gasteiger partial charge is 0.270 e. The molecule has 5 rings (SSSR count). The minimum atomic E-state index is -3.17. The largest absolute Gasteiger partial charge is 0.351 e. The summed E-state index contributed by atoms with van der Waals surface area (Å²) in [5.41, 5.74) is 0.627. The first-order valence-electron chi connectivity index (χ1n) is 10.8. The van der Waals surface area contributed by atoms with Gasteiger partial charge >= 0.3 is 0 Å². The summed E-state index contributed by atoms with van der Waals surface area (Å²) < 4.78 is 26.7. The number of rotatable bonds is 4. The molecule has 1 spiro atoms. The van der Waals surface area contributed by atoms with Gasteiger partial charge in [0, 0.05) is 36.8 Å². The summed E-state index contributed by atoms with van der Waals surface area (Å²) in [6.07, 6.45) is 9.62. The maximum absolute atomic E-state index is 13.1. The highest BCUT2D eigenvalue weighted by atomic mass is 32.2. The molecule has 0 aromatic carbocycles. The number of pyridine rings is 1. The van der Waals surface area contributed by atoms with Crippen molar-refractivity contribution < 1.29 is 8.42 Å². The first kappa shape index (κ1) is 20.4. The number of fused-ring (bicyclic) bond motifs is 1. The Kier molecular flexibility index (Phi) is 4.79. The standard InChI is InChI=1S/C21H26N6O3S/c1-31(29,30)26-9-4-16(5-10-26)24-20-23-13-15-11-14(12-22)19(28)27(18(15)25-20)17-3-2-6-21(17)7-8-21/h11,13,16-17H,2-10H2,1H3,(H,23,24,25). The summed E-state index contributed by atoms with van der Waals surface area (Å²) in [5.74, 6) is 0.436. The van der Waals surface area contributed by atoms with Crippen LogP contribution in [0.3, 0.4) is 0 Å². The van der Waals surface area contributed by atoms with Crippen molar-refractivity contribution in [1.29, 1.82) is 5.26 Å². The molecule has 1 saturated heterocycles. The van der Waals surface area contributed by atoms with E-state index in [-0.39, 0.29) is 28.6 Å². The molecule has 3 heterocycles. The predicted octanol–water partition coefficient (Wildman–Crippen LogP) is 2.00. The molecule has 1 N–H and O–H groups in total. The third kappa shape index (κ3) is 3.59. The van der Waals surface area contributed by atoms with Crippen LogP contribution in [0.4, 0.5) is 5.95 Å². The van der Waals surface area contributed by atoms with Gasteiger partial charge in [0.25, 0.3) is 5.56 Å². The summed E-state index contributed by atoms with van der Waals surface area (Å²) in [7, 11) is -3.17. The highest BCUT2D eigenvalue weighted by Gasteiger charge is 2.53. The van der Waals surface area contributed by atoms with Gasteiger partial charge < -0.3 is 5.32 Å². The third-order valence-electron chi connectivity index (χ3n) is 7.21. The van der Waals surface area contributed by atoms with Crippen molar-refractivity contribution in [2.45, 2.75) is 57.0 Å². The lowest BCUT2D eigenvalue weighted by Crippen LogP contribution is -2.42. The van der Waals surface area contributed by atoms with Gasteiger partial charge in [0.05, 0.1) is 6.26 Å². The number of nitrogens with one attached hydrogen (secondary N) is 1. The number of sulfonamides is 1. The molecule has 0 bridgehead atoms. The molecule has 2 aliphatic carbocycles. The van der Waals surface area contributed by atoms with Crippen molar-refractivity contribution in [3.05, 3.63) is 28.2 Å². The van der Waals surface area contributed by atoms with Crippen LogP contribution in [0.5, 0.6) is 0 Å². The van der Waals surface area contributed by atoms with E-state index in [0.717, 1.165) is 32.1 Å². The van der Waals surface area contributed by atoms with E-state index in [4.69, 9.17) is 4.98 Å². The zero-order chi connectivity index (χ0) is 21.8. The lowest BCUT2D eigenvalue weighted by atomic mass is 9.99. The number of hydrogen-bond acceptors (Lipinski definition) is 7. The molecule has 0 radical (unpaired) electrons. The summed E-state index contributed by atoms with van der Waals surface area (Å²) in [4.78, 5) is 22.3. The number of hydrogen-bond donors (Lipinski definition) is 1. The Balaban J connectivity index is 1.48. The van der Waals surface area contributed by atoms with Gasteiger partial charge in [0.15, 0.2) is 0 Å². The quantitative estimate of drug-likeness (QED) is 0.769. The first-order valence-corrected chi connectivity index (χ1v) is 12.7. The SMILES string of the molecule is CS(=O)(=O)N1CCC(Nc2ncc3cc(C#N)c(=O)n(C4CCCC45CC5)c3n2)CC1. The Labute approximate surface area is 181 Å². The molecule has 164 valence electrons. The van der Waals surface area contributed by atoms with Crippen molar-refractivity contribution in [3.63, 3.8) is 0 Å². The fraction of sp³-hybridized carbons (Fsp3) is 0.619. The summed E-state index contributed by atoms with van der Waals surface area (Å²) in [6, 6.07) is 3.76. The molecule has 3 fully saturated rings. The van der Waals surface area contributed by atoms with E-state index in [2.05, 4.69) is 10.3 Å². The van der Waals surface area contributed by atoms with Crippen molar-refractivity contribution in [3.8, 4) is 6.07 Å². The van der Waals surface area contributed by atoms with Crippen molar-refractivity contribution in [2.24, 2.45) is 5.41 Å². The third-order valence-corrected chi connectivity index (χ3v) is 8.52. The van der Waals surface area contributed by atoms with E-state index in [1.807, 2.05) is 6.07 Å². The summed E-state index contributed by atoms with van der Waals surface area (Å²) in [5, 5.41) is 13.5. The lowest BCUT2D eigenvalue weighted by Gasteiger charge is -2.30. The Morgan fingerprint density at radius 2 is 1.97 bits per heavy atom. The number of anilines is 1. The van der Waals surface area contributed by atoms with Gasteiger partial charge in [-0.05, 0) is 50.0 Å². The minimum Gasteiger partial charge on any atom is -0.351 e. The second kappa shape index (κ2) is 7.28. The van der Waals surface area contributed by atoms with Gasteiger partial charge in [-0.1, -0.05) is 6.42 Å². The molecule has 31 heavy (non-hydrogen) atoms. The molecule has 10 heteroatoms. The van der Waals surface area contributed by atoms with Crippen LogP contribution in [0.15, 0.2) is 17.1 Å². The van der Waals surface area contributed by atoms with Crippen LogP contribution in [0.2, 0.25) is 0 Å². The van der Waals surface area contributed by atoms with Gasteiger partial charge in [0.1, 0.15) is 17.3 Å². The molecule has 2 aromatic rings. The van der Waals surface area contributed by atoms with Crippen LogP contribution >= 0.6 is 0 Å². The topological polar surface area (TPSA) is 121 Å². The maximum atomic E-state index is 13.1. The average Bonchev–Trinajstić information content (AvgIpc) is 3.40. The van der Waals surface area contributed by atoms with E-state index < -0.39 is 10.0 Å². The monoisotopic (exact) mass is 442 g/mol. The van der Waals surface area contributed by atoms with E-state index in [1.165, 1.54) is 10.6 Å². The second-order valence-corrected chi connectivity index (χ2v) is 11.2. The number of piperidine rings is 1.